The van der Waals surface area contributed by atoms with E-state index in [4.69, 9.17) is 0 Å². The fourth-order valence-corrected chi connectivity index (χ4v) is 5.26. The second-order valence-corrected chi connectivity index (χ2v) is 9.42. The lowest BCUT2D eigenvalue weighted by Gasteiger charge is -2.32. The Morgan fingerprint density at radius 2 is 2.00 bits per heavy atom. The van der Waals surface area contributed by atoms with E-state index < -0.39 is 27.9 Å². The smallest absolute Gasteiger partial charge is 0.326 e. The van der Waals surface area contributed by atoms with Crippen molar-refractivity contribution in [3.63, 3.8) is 0 Å². The first-order chi connectivity index (χ1) is 12.8. The first kappa shape index (κ1) is 19.8. The van der Waals surface area contributed by atoms with Crippen molar-refractivity contribution in [2.75, 3.05) is 6.54 Å². The molecule has 1 aromatic carbocycles. The van der Waals surface area contributed by atoms with E-state index in [1.165, 1.54) is 28.6 Å². The summed E-state index contributed by atoms with van der Waals surface area (Å²) in [5.41, 5.74) is 0.155. The molecule has 0 radical (unpaired) electrons. The van der Waals surface area contributed by atoms with Gasteiger partial charge in [-0.15, -0.1) is 0 Å². The molecule has 1 aromatic rings. The van der Waals surface area contributed by atoms with E-state index in [-0.39, 0.29) is 16.5 Å². The van der Waals surface area contributed by atoms with E-state index in [0.29, 0.717) is 18.9 Å². The molecule has 2 unspecified atom stereocenters. The number of aliphatic carboxylic acids is 1. The minimum atomic E-state index is -3.68. The maximum Gasteiger partial charge on any atom is 0.326 e. The summed E-state index contributed by atoms with van der Waals surface area (Å²) in [6.07, 6.45) is 5.03. The zero-order valence-corrected chi connectivity index (χ0v) is 16.2. The quantitative estimate of drug-likeness (QED) is 0.738. The SMILES string of the molecule is CC1CCCCN1S(=O)(=O)c1cccc(C(=O)NC(CC2CC2)C(=O)O)c1. The summed E-state index contributed by atoms with van der Waals surface area (Å²) >= 11 is 0. The zero-order chi connectivity index (χ0) is 19.6. The van der Waals surface area contributed by atoms with E-state index in [1.54, 1.807) is 0 Å². The summed E-state index contributed by atoms with van der Waals surface area (Å²) in [6, 6.07) is 4.81. The molecule has 2 N–H and O–H groups in total. The van der Waals surface area contributed by atoms with Gasteiger partial charge in [-0.1, -0.05) is 25.3 Å². The Hall–Kier alpha value is -1.93. The number of carboxylic acid groups (broad SMARTS) is 1. The van der Waals surface area contributed by atoms with Gasteiger partial charge in [-0.25, -0.2) is 13.2 Å². The highest BCUT2D eigenvalue weighted by atomic mass is 32.2. The number of amides is 1. The van der Waals surface area contributed by atoms with Crippen LogP contribution >= 0.6 is 0 Å². The fraction of sp³-hybridized carbons (Fsp3) is 0.579. The van der Waals surface area contributed by atoms with Crippen LogP contribution in [0.2, 0.25) is 0 Å². The number of carboxylic acids is 1. The molecule has 1 saturated heterocycles. The van der Waals surface area contributed by atoms with Crippen LogP contribution in [0.4, 0.5) is 0 Å². The first-order valence-corrected chi connectivity index (χ1v) is 10.9. The average molecular weight is 394 g/mol. The fourth-order valence-electron chi connectivity index (χ4n) is 3.51. The van der Waals surface area contributed by atoms with Crippen LogP contribution in [0.3, 0.4) is 0 Å². The van der Waals surface area contributed by atoms with Crippen LogP contribution in [0.5, 0.6) is 0 Å². The van der Waals surface area contributed by atoms with Gasteiger partial charge in [0.2, 0.25) is 10.0 Å². The minimum Gasteiger partial charge on any atom is -0.480 e. The van der Waals surface area contributed by atoms with Crippen molar-refractivity contribution >= 4 is 21.9 Å². The van der Waals surface area contributed by atoms with Gasteiger partial charge in [0.05, 0.1) is 4.90 Å². The van der Waals surface area contributed by atoms with Gasteiger partial charge in [-0.2, -0.15) is 4.31 Å². The summed E-state index contributed by atoms with van der Waals surface area (Å²) in [5.74, 6) is -1.29. The van der Waals surface area contributed by atoms with Gasteiger partial charge in [0.15, 0.2) is 0 Å². The van der Waals surface area contributed by atoms with Crippen LogP contribution in [0.25, 0.3) is 0 Å². The molecule has 2 aliphatic rings. The normalized spacial score (nSPS) is 22.2. The van der Waals surface area contributed by atoms with Gasteiger partial charge in [0.25, 0.3) is 5.91 Å². The summed E-state index contributed by atoms with van der Waals surface area (Å²) in [7, 11) is -3.68. The van der Waals surface area contributed by atoms with Crippen LogP contribution in [0.1, 0.15) is 55.8 Å². The third-order valence-electron chi connectivity index (χ3n) is 5.31. The van der Waals surface area contributed by atoms with Crippen LogP contribution in [-0.4, -0.2) is 48.3 Å². The summed E-state index contributed by atoms with van der Waals surface area (Å²) in [5, 5.41) is 11.8. The van der Waals surface area contributed by atoms with Crippen molar-refractivity contribution in [2.24, 2.45) is 5.92 Å². The molecule has 8 heteroatoms. The Balaban J connectivity index is 1.77. The van der Waals surface area contributed by atoms with E-state index in [2.05, 4.69) is 5.32 Å². The van der Waals surface area contributed by atoms with Crippen LogP contribution in [0.15, 0.2) is 29.2 Å². The van der Waals surface area contributed by atoms with Gasteiger partial charge >= 0.3 is 5.97 Å². The third kappa shape index (κ3) is 4.68. The van der Waals surface area contributed by atoms with Crippen LogP contribution < -0.4 is 5.32 Å². The van der Waals surface area contributed by atoms with Crippen LogP contribution in [0, 0.1) is 5.92 Å². The molecule has 27 heavy (non-hydrogen) atoms. The zero-order valence-electron chi connectivity index (χ0n) is 15.4. The first-order valence-electron chi connectivity index (χ1n) is 9.44. The third-order valence-corrected chi connectivity index (χ3v) is 7.32. The Morgan fingerprint density at radius 1 is 1.26 bits per heavy atom. The van der Waals surface area contributed by atoms with Crippen molar-refractivity contribution < 1.29 is 23.1 Å². The van der Waals surface area contributed by atoms with Gasteiger partial charge in [-0.3, -0.25) is 4.79 Å². The van der Waals surface area contributed by atoms with Gasteiger partial charge in [0, 0.05) is 18.2 Å². The lowest BCUT2D eigenvalue weighted by molar-refractivity contribution is -0.139. The van der Waals surface area contributed by atoms with Crippen molar-refractivity contribution in [2.45, 2.75) is 62.4 Å². The Labute approximate surface area is 159 Å². The predicted octanol–water partition coefficient (Wildman–Crippen LogP) is 2.23. The largest absolute Gasteiger partial charge is 0.480 e. The van der Waals surface area contributed by atoms with Crippen molar-refractivity contribution in [3.8, 4) is 0 Å². The van der Waals surface area contributed by atoms with Crippen molar-refractivity contribution in [3.05, 3.63) is 29.8 Å². The molecular formula is C19H26N2O5S. The summed E-state index contributed by atoms with van der Waals surface area (Å²) in [6.45, 7) is 2.37. The number of carbonyl (C=O) groups is 2. The molecule has 1 amide bonds. The molecule has 3 rings (SSSR count). The standard InChI is InChI=1S/C19H26N2O5S/c1-13-5-2-3-10-21(13)27(25,26)16-7-4-6-15(12-16)18(22)20-17(19(23)24)11-14-8-9-14/h4,6-7,12-14,17H,2-3,5,8-11H2,1H3,(H,20,22)(H,23,24). The number of nitrogens with one attached hydrogen (secondary N) is 1. The molecule has 0 aromatic heterocycles. The molecule has 0 bridgehead atoms. The Bertz CT molecular complexity index is 819. The average Bonchev–Trinajstić information content (AvgIpc) is 3.45. The molecule has 148 valence electrons. The number of hydrogen-bond acceptors (Lipinski definition) is 4. The lowest BCUT2D eigenvalue weighted by Crippen LogP contribution is -2.42. The Morgan fingerprint density at radius 3 is 2.63 bits per heavy atom. The van der Waals surface area contributed by atoms with E-state index in [0.717, 1.165) is 32.1 Å². The Kier molecular flexibility index (Phi) is 5.86. The molecule has 2 atom stereocenters. The maximum absolute atomic E-state index is 13.0. The molecule has 1 aliphatic carbocycles. The monoisotopic (exact) mass is 394 g/mol. The number of rotatable bonds is 7. The molecule has 1 aliphatic heterocycles. The number of nitrogens with zero attached hydrogens (tertiary/aromatic N) is 1. The van der Waals surface area contributed by atoms with Crippen molar-refractivity contribution in [1.29, 1.82) is 0 Å². The number of carbonyl (C=O) groups excluding carboxylic acids is 1. The van der Waals surface area contributed by atoms with Crippen molar-refractivity contribution in [1.82, 2.24) is 9.62 Å². The number of benzene rings is 1. The molecule has 7 nitrogen and oxygen atoms in total. The summed E-state index contributed by atoms with van der Waals surface area (Å²) < 4.78 is 27.4. The highest BCUT2D eigenvalue weighted by molar-refractivity contribution is 7.89. The molecule has 1 heterocycles. The molecular weight excluding hydrogens is 368 g/mol. The lowest BCUT2D eigenvalue weighted by atomic mass is 10.1. The van der Waals surface area contributed by atoms with Crippen LogP contribution in [-0.2, 0) is 14.8 Å². The van der Waals surface area contributed by atoms with E-state index in [1.807, 2.05) is 6.92 Å². The maximum atomic E-state index is 13.0. The van der Waals surface area contributed by atoms with E-state index in [9.17, 15) is 23.1 Å². The highest BCUT2D eigenvalue weighted by Crippen LogP contribution is 2.33. The second-order valence-electron chi connectivity index (χ2n) is 7.53. The minimum absolute atomic E-state index is 0.0676. The van der Waals surface area contributed by atoms with Gasteiger partial charge < -0.3 is 10.4 Å². The number of hydrogen-bond donors (Lipinski definition) is 2. The molecule has 0 spiro atoms. The number of piperidine rings is 1. The highest BCUT2D eigenvalue weighted by Gasteiger charge is 2.32. The topological polar surface area (TPSA) is 104 Å². The van der Waals surface area contributed by atoms with E-state index >= 15 is 0 Å². The predicted molar refractivity (Wildman–Crippen MR) is 99.9 cm³/mol. The molecule has 2 fully saturated rings. The summed E-state index contributed by atoms with van der Waals surface area (Å²) in [4.78, 5) is 23.9. The number of sulfonamides is 1. The second kappa shape index (κ2) is 7.98. The van der Waals surface area contributed by atoms with Gasteiger partial charge in [-0.05, 0) is 50.3 Å². The molecule has 1 saturated carbocycles. The van der Waals surface area contributed by atoms with Gasteiger partial charge in [0.1, 0.15) is 6.04 Å².